The van der Waals surface area contributed by atoms with Gasteiger partial charge in [0.1, 0.15) is 5.82 Å². The third-order valence-electron chi connectivity index (χ3n) is 6.76. The monoisotopic (exact) mass is 532 g/mol. The number of hydrogen-bond acceptors (Lipinski definition) is 5. The minimum atomic E-state index is -3.65. The lowest BCUT2D eigenvalue weighted by Gasteiger charge is -2.26. The molecule has 0 spiro atoms. The molecule has 1 aliphatic heterocycles. The number of sulfonamides is 1. The zero-order chi connectivity index (χ0) is 26.5. The first-order valence-corrected chi connectivity index (χ1v) is 13.9. The number of rotatable bonds is 9. The van der Waals surface area contributed by atoms with Crippen LogP contribution in [-0.2, 0) is 21.3 Å². The van der Waals surface area contributed by atoms with E-state index < -0.39 is 10.0 Å². The molecule has 0 saturated heterocycles. The first-order chi connectivity index (χ1) is 18.4. The molecule has 0 atom stereocenters. The van der Waals surface area contributed by atoms with E-state index in [1.165, 1.54) is 24.8 Å². The lowest BCUT2D eigenvalue weighted by molar-refractivity contribution is 0.153. The molecule has 196 valence electrons. The summed E-state index contributed by atoms with van der Waals surface area (Å²) in [6.07, 6.45) is 9.62. The zero-order valence-electron chi connectivity index (χ0n) is 21.0. The van der Waals surface area contributed by atoms with Crippen molar-refractivity contribution in [2.75, 3.05) is 26.7 Å². The Morgan fingerprint density at radius 1 is 1.03 bits per heavy atom. The number of aromatic amines is 1. The van der Waals surface area contributed by atoms with Gasteiger partial charge < -0.3 is 4.98 Å². The van der Waals surface area contributed by atoms with Gasteiger partial charge in [0.2, 0.25) is 0 Å². The second-order valence-corrected chi connectivity index (χ2v) is 10.8. The minimum absolute atomic E-state index is 0.171. The van der Waals surface area contributed by atoms with Crippen LogP contribution < -0.4 is 4.89 Å². The number of aromatic nitrogens is 2. The van der Waals surface area contributed by atoms with Gasteiger partial charge in [-0.25, -0.2) is 12.8 Å². The SMILES string of the molecule is CONS(=O)(=O)c1ccc(CCN2CC=C(c3c[nH]c(-c4ccc(F)cc4)c3-c3ccncc3)CC2)cc1. The van der Waals surface area contributed by atoms with Crippen LogP contribution >= 0.6 is 0 Å². The van der Waals surface area contributed by atoms with Crippen molar-refractivity contribution in [1.29, 1.82) is 0 Å². The van der Waals surface area contributed by atoms with E-state index >= 15 is 0 Å². The van der Waals surface area contributed by atoms with E-state index in [0.29, 0.717) is 0 Å². The fourth-order valence-electron chi connectivity index (χ4n) is 4.78. The fraction of sp³-hybridized carbons (Fsp3) is 0.207. The quantitative estimate of drug-likeness (QED) is 0.295. The van der Waals surface area contributed by atoms with Gasteiger partial charge in [-0.05, 0) is 83.6 Å². The molecule has 5 rings (SSSR count). The van der Waals surface area contributed by atoms with Gasteiger partial charge in [0.05, 0.1) is 17.7 Å². The first kappa shape index (κ1) is 26.0. The average Bonchev–Trinajstić information content (AvgIpc) is 3.38. The molecule has 0 unspecified atom stereocenters. The molecule has 0 radical (unpaired) electrons. The van der Waals surface area contributed by atoms with Gasteiger partial charge in [-0.15, -0.1) is 0 Å². The summed E-state index contributed by atoms with van der Waals surface area (Å²) < 4.78 is 37.6. The third kappa shape index (κ3) is 5.76. The van der Waals surface area contributed by atoms with Crippen LogP contribution in [0, 0.1) is 5.82 Å². The second kappa shape index (κ2) is 11.4. The van der Waals surface area contributed by atoms with Crippen LogP contribution in [0.2, 0.25) is 0 Å². The summed E-state index contributed by atoms with van der Waals surface area (Å²) in [7, 11) is -2.38. The van der Waals surface area contributed by atoms with E-state index in [1.807, 2.05) is 35.3 Å². The van der Waals surface area contributed by atoms with Crippen LogP contribution in [0.5, 0.6) is 0 Å². The molecular formula is C29H29FN4O3S. The molecular weight excluding hydrogens is 503 g/mol. The number of nitrogens with one attached hydrogen (secondary N) is 2. The molecule has 7 nitrogen and oxygen atoms in total. The highest BCUT2D eigenvalue weighted by molar-refractivity contribution is 7.89. The van der Waals surface area contributed by atoms with Gasteiger partial charge in [-0.1, -0.05) is 23.1 Å². The maximum atomic E-state index is 13.6. The van der Waals surface area contributed by atoms with Crippen LogP contribution in [0.25, 0.3) is 28.0 Å². The van der Waals surface area contributed by atoms with Gasteiger partial charge >= 0.3 is 0 Å². The number of benzene rings is 2. The molecule has 3 heterocycles. The second-order valence-electron chi connectivity index (χ2n) is 9.16. The third-order valence-corrected chi connectivity index (χ3v) is 8.04. The van der Waals surface area contributed by atoms with Crippen molar-refractivity contribution in [1.82, 2.24) is 19.8 Å². The van der Waals surface area contributed by atoms with Gasteiger partial charge in [0.15, 0.2) is 0 Å². The number of nitrogens with zero attached hydrogens (tertiary/aromatic N) is 2. The largest absolute Gasteiger partial charge is 0.360 e. The highest BCUT2D eigenvalue weighted by atomic mass is 32.2. The van der Waals surface area contributed by atoms with E-state index in [4.69, 9.17) is 0 Å². The van der Waals surface area contributed by atoms with Crippen LogP contribution in [0.1, 0.15) is 17.5 Å². The summed E-state index contributed by atoms with van der Waals surface area (Å²) in [6.45, 7) is 2.62. The molecule has 0 aliphatic carbocycles. The lowest BCUT2D eigenvalue weighted by atomic mass is 9.92. The Bertz CT molecular complexity index is 1520. The zero-order valence-corrected chi connectivity index (χ0v) is 21.8. The summed E-state index contributed by atoms with van der Waals surface area (Å²) in [5.41, 5.74) is 7.54. The number of pyridine rings is 1. The number of halogens is 1. The van der Waals surface area contributed by atoms with Crippen LogP contribution in [0.3, 0.4) is 0 Å². The van der Waals surface area contributed by atoms with E-state index in [1.54, 1.807) is 36.7 Å². The normalized spacial score (nSPS) is 14.4. The molecule has 0 bridgehead atoms. The predicted molar refractivity (Wildman–Crippen MR) is 146 cm³/mol. The number of H-pyrrole nitrogens is 1. The van der Waals surface area contributed by atoms with E-state index in [-0.39, 0.29) is 10.7 Å². The van der Waals surface area contributed by atoms with Gasteiger partial charge in [-0.2, -0.15) is 0 Å². The topological polar surface area (TPSA) is 87.3 Å². The standard InChI is InChI=1S/C29H29FN4O3S/c1-37-33-38(35,36)26-8-2-21(3-9-26)12-17-34-18-13-22(14-19-34)27-20-32-29(24-4-6-25(30)7-5-24)28(27)23-10-15-31-16-11-23/h2-11,13,15-16,20,32-33H,12,14,17-19H2,1H3. The molecule has 0 fully saturated rings. The lowest BCUT2D eigenvalue weighted by Crippen LogP contribution is -2.30. The summed E-state index contributed by atoms with van der Waals surface area (Å²) >= 11 is 0. The van der Waals surface area contributed by atoms with Gasteiger partial charge in [0, 0.05) is 49.4 Å². The Hall–Kier alpha value is -3.63. The van der Waals surface area contributed by atoms with Crippen molar-refractivity contribution in [3.05, 3.63) is 102 Å². The molecule has 0 amide bonds. The summed E-state index contributed by atoms with van der Waals surface area (Å²) in [5, 5.41) is 0. The summed E-state index contributed by atoms with van der Waals surface area (Å²) in [5.74, 6) is -0.259. The average molecular weight is 533 g/mol. The van der Waals surface area contributed by atoms with Crippen molar-refractivity contribution in [3.63, 3.8) is 0 Å². The van der Waals surface area contributed by atoms with E-state index in [9.17, 15) is 12.8 Å². The predicted octanol–water partition coefficient (Wildman–Crippen LogP) is 5.05. The Morgan fingerprint density at radius 3 is 2.42 bits per heavy atom. The minimum Gasteiger partial charge on any atom is -0.360 e. The van der Waals surface area contributed by atoms with Crippen molar-refractivity contribution in [3.8, 4) is 22.4 Å². The summed E-state index contributed by atoms with van der Waals surface area (Å²) in [6, 6.07) is 17.4. The Kier molecular flexibility index (Phi) is 7.80. The molecule has 1 aliphatic rings. The number of hydrogen-bond donors (Lipinski definition) is 2. The molecule has 38 heavy (non-hydrogen) atoms. The van der Waals surface area contributed by atoms with Crippen molar-refractivity contribution in [2.45, 2.75) is 17.7 Å². The van der Waals surface area contributed by atoms with Crippen molar-refractivity contribution >= 4 is 15.6 Å². The highest BCUT2D eigenvalue weighted by Crippen LogP contribution is 2.39. The van der Waals surface area contributed by atoms with E-state index in [0.717, 1.165) is 66.0 Å². The van der Waals surface area contributed by atoms with E-state index in [2.05, 4.69) is 25.8 Å². The first-order valence-electron chi connectivity index (χ1n) is 12.4. The molecule has 9 heteroatoms. The Balaban J connectivity index is 1.30. The van der Waals surface area contributed by atoms with Crippen molar-refractivity contribution < 1.29 is 17.6 Å². The Morgan fingerprint density at radius 2 is 1.76 bits per heavy atom. The van der Waals surface area contributed by atoms with Crippen LogP contribution in [0.15, 0.2) is 90.2 Å². The maximum Gasteiger partial charge on any atom is 0.262 e. The molecule has 2 aromatic carbocycles. The molecule has 4 aromatic rings. The Labute approximate surface area is 222 Å². The maximum absolute atomic E-state index is 13.6. The molecule has 2 aromatic heterocycles. The van der Waals surface area contributed by atoms with Crippen molar-refractivity contribution in [2.24, 2.45) is 0 Å². The van der Waals surface area contributed by atoms with Gasteiger partial charge in [0.25, 0.3) is 10.0 Å². The molecule has 2 N–H and O–H groups in total. The highest BCUT2D eigenvalue weighted by Gasteiger charge is 2.21. The summed E-state index contributed by atoms with van der Waals surface area (Å²) in [4.78, 5) is 16.7. The van der Waals surface area contributed by atoms with Crippen LogP contribution in [-0.4, -0.2) is 50.0 Å². The van der Waals surface area contributed by atoms with Crippen LogP contribution in [0.4, 0.5) is 4.39 Å². The van der Waals surface area contributed by atoms with Gasteiger partial charge in [-0.3, -0.25) is 14.7 Å². The molecule has 0 saturated carbocycles. The smallest absolute Gasteiger partial charge is 0.262 e. The fourth-order valence-corrected chi connectivity index (χ4v) is 5.59.